The predicted molar refractivity (Wildman–Crippen MR) is 78.9 cm³/mol. The molecule has 0 heterocycles. The van der Waals surface area contributed by atoms with Crippen LogP contribution in [0.25, 0.3) is 0 Å². The van der Waals surface area contributed by atoms with Crippen molar-refractivity contribution in [2.45, 2.75) is 58.0 Å². The topological polar surface area (TPSA) is 12.0 Å². The average molecular weight is 284 g/mol. The van der Waals surface area contributed by atoms with Crippen molar-refractivity contribution in [3.8, 4) is 0 Å². The summed E-state index contributed by atoms with van der Waals surface area (Å²) in [6, 6.07) is 5.22. The minimum absolute atomic E-state index is 0.270. The van der Waals surface area contributed by atoms with Crippen molar-refractivity contribution in [1.29, 1.82) is 0 Å². The van der Waals surface area contributed by atoms with Crippen molar-refractivity contribution in [1.82, 2.24) is 5.32 Å². The van der Waals surface area contributed by atoms with Crippen LogP contribution in [0.15, 0.2) is 18.2 Å². The Kier molecular flexibility index (Phi) is 5.65. The van der Waals surface area contributed by atoms with Gasteiger partial charge in [0.15, 0.2) is 0 Å². The molecule has 1 aliphatic carbocycles. The van der Waals surface area contributed by atoms with Gasteiger partial charge in [0.05, 0.1) is 0 Å². The van der Waals surface area contributed by atoms with E-state index in [0.717, 1.165) is 18.0 Å². The summed E-state index contributed by atoms with van der Waals surface area (Å²) >= 11 is 6.03. The highest BCUT2D eigenvalue weighted by molar-refractivity contribution is 6.31. The van der Waals surface area contributed by atoms with Gasteiger partial charge in [0.1, 0.15) is 5.82 Å². The molecule has 0 aliphatic heterocycles. The second-order valence-corrected chi connectivity index (χ2v) is 6.03. The number of hydrogen-bond acceptors (Lipinski definition) is 1. The lowest BCUT2D eigenvalue weighted by Gasteiger charge is -2.29. The highest BCUT2D eigenvalue weighted by Crippen LogP contribution is 2.28. The smallest absolute Gasteiger partial charge is 0.124 e. The number of halogens is 2. The summed E-state index contributed by atoms with van der Waals surface area (Å²) in [5, 5.41) is 4.07. The zero-order valence-electron chi connectivity index (χ0n) is 11.6. The second kappa shape index (κ2) is 7.25. The lowest BCUT2D eigenvalue weighted by atomic mass is 9.83. The van der Waals surface area contributed by atoms with Crippen molar-refractivity contribution in [2.24, 2.45) is 5.92 Å². The first-order valence-corrected chi connectivity index (χ1v) is 7.74. The third-order valence-electron chi connectivity index (χ3n) is 4.14. The maximum absolute atomic E-state index is 13.0. The molecule has 3 heteroatoms. The normalized spacial score (nSPS) is 23.5. The van der Waals surface area contributed by atoms with E-state index in [-0.39, 0.29) is 5.82 Å². The summed E-state index contributed by atoms with van der Waals surface area (Å²) in [6.07, 6.45) is 7.85. The largest absolute Gasteiger partial charge is 0.310 e. The summed E-state index contributed by atoms with van der Waals surface area (Å²) in [6.45, 7) is 3.00. The van der Waals surface area contributed by atoms with E-state index in [0.29, 0.717) is 11.1 Å². The van der Waals surface area contributed by atoms with E-state index < -0.39 is 0 Å². The van der Waals surface area contributed by atoms with Gasteiger partial charge in [0.25, 0.3) is 0 Å². The quantitative estimate of drug-likeness (QED) is 0.808. The lowest BCUT2D eigenvalue weighted by Crippen LogP contribution is -2.32. The third-order valence-corrected chi connectivity index (χ3v) is 4.49. The molecule has 1 nitrogen and oxygen atoms in total. The molecule has 0 spiro atoms. The molecule has 0 radical (unpaired) electrons. The second-order valence-electron chi connectivity index (χ2n) is 5.62. The van der Waals surface area contributed by atoms with Crippen molar-refractivity contribution in [3.63, 3.8) is 0 Å². The summed E-state index contributed by atoms with van der Waals surface area (Å²) in [4.78, 5) is 0. The third kappa shape index (κ3) is 4.47. The molecule has 106 valence electrons. The summed E-state index contributed by atoms with van der Waals surface area (Å²) in [5.41, 5.74) is 0.985. The van der Waals surface area contributed by atoms with Crippen LogP contribution in [-0.4, -0.2) is 6.04 Å². The zero-order valence-corrected chi connectivity index (χ0v) is 12.3. The van der Waals surface area contributed by atoms with Crippen LogP contribution >= 0.6 is 11.6 Å². The number of hydrogen-bond donors (Lipinski definition) is 1. The molecule has 1 aromatic carbocycles. The van der Waals surface area contributed by atoms with Gasteiger partial charge >= 0.3 is 0 Å². The van der Waals surface area contributed by atoms with Gasteiger partial charge in [0, 0.05) is 17.6 Å². The first-order chi connectivity index (χ1) is 9.19. The molecule has 1 aliphatic rings. The molecule has 1 saturated carbocycles. The Morgan fingerprint density at radius 3 is 2.63 bits per heavy atom. The van der Waals surface area contributed by atoms with Crippen LogP contribution in [0.5, 0.6) is 0 Å². The van der Waals surface area contributed by atoms with E-state index in [9.17, 15) is 4.39 Å². The fourth-order valence-corrected chi connectivity index (χ4v) is 3.22. The number of benzene rings is 1. The van der Waals surface area contributed by atoms with Gasteiger partial charge < -0.3 is 5.32 Å². The maximum atomic E-state index is 13.0. The molecule has 1 fully saturated rings. The first kappa shape index (κ1) is 14.8. The minimum atomic E-state index is -0.270. The molecular weight excluding hydrogens is 261 g/mol. The number of rotatable bonds is 5. The van der Waals surface area contributed by atoms with Crippen molar-refractivity contribution in [2.75, 3.05) is 0 Å². The Labute approximate surface area is 120 Å². The van der Waals surface area contributed by atoms with Gasteiger partial charge in [0.2, 0.25) is 0 Å². The fraction of sp³-hybridized carbons (Fsp3) is 0.625. The van der Waals surface area contributed by atoms with Crippen LogP contribution in [0.2, 0.25) is 5.02 Å². The van der Waals surface area contributed by atoms with Gasteiger partial charge in [-0.15, -0.1) is 0 Å². The Morgan fingerprint density at radius 2 is 2.00 bits per heavy atom. The van der Waals surface area contributed by atoms with Crippen LogP contribution in [-0.2, 0) is 6.54 Å². The van der Waals surface area contributed by atoms with Gasteiger partial charge in [-0.3, -0.25) is 0 Å². The summed E-state index contributed by atoms with van der Waals surface area (Å²) in [7, 11) is 0. The van der Waals surface area contributed by atoms with Gasteiger partial charge in [-0.1, -0.05) is 37.4 Å². The molecule has 0 atom stereocenters. The molecule has 2 rings (SSSR count). The predicted octanol–water partition coefficient (Wildman–Crippen LogP) is 4.93. The van der Waals surface area contributed by atoms with Crippen LogP contribution in [0, 0.1) is 11.7 Å². The Balaban J connectivity index is 1.77. The van der Waals surface area contributed by atoms with Crippen LogP contribution in [0.3, 0.4) is 0 Å². The van der Waals surface area contributed by atoms with Crippen LogP contribution in [0.4, 0.5) is 4.39 Å². The Bertz CT molecular complexity index is 400. The SMILES string of the molecule is CCCC1CCC(NCc2ccc(F)cc2Cl)CC1. The maximum Gasteiger partial charge on any atom is 0.124 e. The Hall–Kier alpha value is -0.600. The van der Waals surface area contributed by atoms with E-state index in [1.54, 1.807) is 6.07 Å². The lowest BCUT2D eigenvalue weighted by molar-refractivity contribution is 0.277. The highest BCUT2D eigenvalue weighted by atomic mass is 35.5. The van der Waals surface area contributed by atoms with Crippen LogP contribution in [0.1, 0.15) is 51.0 Å². The van der Waals surface area contributed by atoms with Crippen molar-refractivity contribution in [3.05, 3.63) is 34.6 Å². The van der Waals surface area contributed by atoms with E-state index in [2.05, 4.69) is 12.2 Å². The van der Waals surface area contributed by atoms with E-state index >= 15 is 0 Å². The molecule has 0 bridgehead atoms. The number of nitrogens with one attached hydrogen (secondary N) is 1. The van der Waals surface area contributed by atoms with Crippen molar-refractivity contribution >= 4 is 11.6 Å². The molecule has 0 amide bonds. The summed E-state index contributed by atoms with van der Waals surface area (Å²) in [5.74, 6) is 0.659. The van der Waals surface area contributed by atoms with Crippen LogP contribution < -0.4 is 5.32 Å². The minimum Gasteiger partial charge on any atom is -0.310 e. The van der Waals surface area contributed by atoms with E-state index in [1.807, 2.05) is 0 Å². The van der Waals surface area contributed by atoms with Gasteiger partial charge in [-0.25, -0.2) is 4.39 Å². The average Bonchev–Trinajstić information content (AvgIpc) is 2.40. The van der Waals surface area contributed by atoms with Gasteiger partial charge in [-0.05, 0) is 49.3 Å². The highest BCUT2D eigenvalue weighted by Gasteiger charge is 2.20. The molecule has 0 unspecified atom stereocenters. The molecular formula is C16H23ClFN. The van der Waals surface area contributed by atoms with E-state index in [1.165, 1.54) is 50.7 Å². The fourth-order valence-electron chi connectivity index (χ4n) is 2.98. The molecule has 1 aromatic rings. The molecule has 1 N–H and O–H groups in total. The molecule has 0 aromatic heterocycles. The van der Waals surface area contributed by atoms with E-state index in [4.69, 9.17) is 11.6 Å². The standard InChI is InChI=1S/C16H23ClFN/c1-2-3-12-4-8-15(9-5-12)19-11-13-6-7-14(18)10-16(13)17/h6-7,10,12,15,19H,2-5,8-9,11H2,1H3. The molecule has 0 saturated heterocycles. The summed E-state index contributed by atoms with van der Waals surface area (Å²) < 4.78 is 13.0. The Morgan fingerprint density at radius 1 is 1.26 bits per heavy atom. The first-order valence-electron chi connectivity index (χ1n) is 7.36. The monoisotopic (exact) mass is 283 g/mol. The van der Waals surface area contributed by atoms with Gasteiger partial charge in [-0.2, -0.15) is 0 Å². The van der Waals surface area contributed by atoms with Crippen molar-refractivity contribution < 1.29 is 4.39 Å². The zero-order chi connectivity index (χ0) is 13.7. The molecule has 19 heavy (non-hydrogen) atoms.